The van der Waals surface area contributed by atoms with E-state index in [0.717, 1.165) is 0 Å². The standard InChI is InChI=1S/C20H22N2O6/c23-18(15-28-19(24)8-14-26-16-5-2-1-3-6-16)21-9-11-22(12-10-21)20(25)17-7-4-13-27-17/h1-7,13H,8-12,14-15H2. The molecule has 148 valence electrons. The van der Waals surface area contributed by atoms with Gasteiger partial charge in [-0.3, -0.25) is 14.4 Å². The molecule has 0 radical (unpaired) electrons. The number of nitrogens with zero attached hydrogens (tertiary/aromatic N) is 2. The summed E-state index contributed by atoms with van der Waals surface area (Å²) in [5, 5.41) is 0. The van der Waals surface area contributed by atoms with Gasteiger partial charge in [0, 0.05) is 26.2 Å². The van der Waals surface area contributed by atoms with Crippen LogP contribution in [0.4, 0.5) is 0 Å². The van der Waals surface area contributed by atoms with Crippen LogP contribution in [0.2, 0.25) is 0 Å². The van der Waals surface area contributed by atoms with E-state index < -0.39 is 5.97 Å². The Bertz CT molecular complexity index is 782. The number of para-hydroxylation sites is 1. The minimum atomic E-state index is -0.490. The van der Waals surface area contributed by atoms with Crippen LogP contribution in [-0.4, -0.2) is 67.0 Å². The Balaban J connectivity index is 1.33. The van der Waals surface area contributed by atoms with E-state index in [-0.39, 0.29) is 37.2 Å². The van der Waals surface area contributed by atoms with Crippen molar-refractivity contribution in [1.29, 1.82) is 0 Å². The van der Waals surface area contributed by atoms with Crippen molar-refractivity contribution in [2.24, 2.45) is 0 Å². The van der Waals surface area contributed by atoms with Crippen molar-refractivity contribution >= 4 is 17.8 Å². The molecular weight excluding hydrogens is 364 g/mol. The predicted molar refractivity (Wildman–Crippen MR) is 98.7 cm³/mol. The molecule has 28 heavy (non-hydrogen) atoms. The van der Waals surface area contributed by atoms with Crippen molar-refractivity contribution in [3.05, 3.63) is 54.5 Å². The molecule has 0 bridgehead atoms. The molecule has 1 fully saturated rings. The Labute approximate surface area is 162 Å². The van der Waals surface area contributed by atoms with Crippen LogP contribution >= 0.6 is 0 Å². The van der Waals surface area contributed by atoms with Crippen molar-refractivity contribution in [3.63, 3.8) is 0 Å². The first-order valence-electron chi connectivity index (χ1n) is 9.07. The molecule has 2 heterocycles. The summed E-state index contributed by atoms with van der Waals surface area (Å²) >= 11 is 0. The summed E-state index contributed by atoms with van der Waals surface area (Å²) in [7, 11) is 0. The summed E-state index contributed by atoms with van der Waals surface area (Å²) < 4.78 is 15.6. The van der Waals surface area contributed by atoms with Gasteiger partial charge >= 0.3 is 5.97 Å². The Morgan fingerprint density at radius 2 is 1.64 bits per heavy atom. The van der Waals surface area contributed by atoms with Crippen molar-refractivity contribution in [2.75, 3.05) is 39.4 Å². The lowest BCUT2D eigenvalue weighted by molar-refractivity contribution is -0.153. The van der Waals surface area contributed by atoms with Crippen LogP contribution in [0.5, 0.6) is 5.75 Å². The fourth-order valence-corrected chi connectivity index (χ4v) is 2.79. The van der Waals surface area contributed by atoms with Gasteiger partial charge in [0.25, 0.3) is 11.8 Å². The highest BCUT2D eigenvalue weighted by atomic mass is 16.5. The second kappa shape index (κ2) is 9.59. The minimum absolute atomic E-state index is 0.0631. The number of carbonyl (C=O) groups is 3. The number of amides is 2. The highest BCUT2D eigenvalue weighted by Crippen LogP contribution is 2.10. The van der Waals surface area contributed by atoms with E-state index in [4.69, 9.17) is 13.9 Å². The van der Waals surface area contributed by atoms with Crippen molar-refractivity contribution < 1.29 is 28.3 Å². The van der Waals surface area contributed by atoms with Crippen LogP contribution < -0.4 is 4.74 Å². The summed E-state index contributed by atoms with van der Waals surface area (Å²) in [6.45, 7) is 1.47. The molecule has 0 unspecified atom stereocenters. The van der Waals surface area contributed by atoms with Gasteiger partial charge in [-0.25, -0.2) is 0 Å². The van der Waals surface area contributed by atoms with Gasteiger partial charge in [0.05, 0.1) is 19.3 Å². The molecule has 2 aromatic rings. The average molecular weight is 386 g/mol. The van der Waals surface area contributed by atoms with Gasteiger partial charge in [0.15, 0.2) is 12.4 Å². The molecule has 0 N–H and O–H groups in total. The van der Waals surface area contributed by atoms with E-state index in [1.807, 2.05) is 18.2 Å². The Hall–Kier alpha value is -3.29. The molecule has 8 heteroatoms. The summed E-state index contributed by atoms with van der Waals surface area (Å²) in [6, 6.07) is 12.4. The molecule has 0 saturated carbocycles. The zero-order valence-corrected chi connectivity index (χ0v) is 15.4. The second-order valence-corrected chi connectivity index (χ2v) is 6.22. The molecule has 1 aromatic heterocycles. The molecule has 8 nitrogen and oxygen atoms in total. The Kier molecular flexibility index (Phi) is 6.67. The van der Waals surface area contributed by atoms with E-state index in [1.165, 1.54) is 6.26 Å². The van der Waals surface area contributed by atoms with Gasteiger partial charge in [0.2, 0.25) is 0 Å². The summed E-state index contributed by atoms with van der Waals surface area (Å²) in [6.07, 6.45) is 1.51. The smallest absolute Gasteiger partial charge is 0.309 e. The van der Waals surface area contributed by atoms with Gasteiger partial charge in [0.1, 0.15) is 5.75 Å². The fourth-order valence-electron chi connectivity index (χ4n) is 2.79. The molecule has 1 aliphatic heterocycles. The van der Waals surface area contributed by atoms with E-state index in [2.05, 4.69) is 0 Å². The van der Waals surface area contributed by atoms with Crippen LogP contribution in [0, 0.1) is 0 Å². The molecule has 3 rings (SSSR count). The number of carbonyl (C=O) groups excluding carboxylic acids is 3. The summed E-state index contributed by atoms with van der Waals surface area (Å²) in [5.74, 6) is 0.0000495. The third kappa shape index (κ3) is 5.35. The lowest BCUT2D eigenvalue weighted by Crippen LogP contribution is -2.51. The predicted octanol–water partition coefficient (Wildman–Crippen LogP) is 1.58. The van der Waals surface area contributed by atoms with Crippen LogP contribution in [0.3, 0.4) is 0 Å². The number of esters is 1. The van der Waals surface area contributed by atoms with E-state index in [1.54, 1.807) is 34.1 Å². The summed E-state index contributed by atoms with van der Waals surface area (Å²) in [5.41, 5.74) is 0. The number of benzene rings is 1. The molecule has 1 saturated heterocycles. The summed E-state index contributed by atoms with van der Waals surface area (Å²) in [4.78, 5) is 39.4. The van der Waals surface area contributed by atoms with Gasteiger partial charge in [-0.05, 0) is 24.3 Å². The lowest BCUT2D eigenvalue weighted by Gasteiger charge is -2.34. The van der Waals surface area contributed by atoms with Crippen molar-refractivity contribution in [3.8, 4) is 5.75 Å². The average Bonchev–Trinajstić information content (AvgIpc) is 3.27. The highest BCUT2D eigenvalue weighted by molar-refractivity contribution is 5.91. The SMILES string of the molecule is O=C(CCOc1ccccc1)OCC(=O)N1CCN(C(=O)c2ccco2)CC1. The number of piperazine rings is 1. The zero-order valence-electron chi connectivity index (χ0n) is 15.4. The van der Waals surface area contributed by atoms with Gasteiger partial charge < -0.3 is 23.7 Å². The van der Waals surface area contributed by atoms with Crippen LogP contribution in [0.1, 0.15) is 17.0 Å². The first-order valence-corrected chi connectivity index (χ1v) is 9.07. The number of hydrogen-bond acceptors (Lipinski definition) is 6. The monoisotopic (exact) mass is 386 g/mol. The number of hydrogen-bond donors (Lipinski definition) is 0. The van der Waals surface area contributed by atoms with E-state index in [0.29, 0.717) is 31.9 Å². The van der Waals surface area contributed by atoms with Crippen molar-refractivity contribution in [1.82, 2.24) is 9.80 Å². The molecule has 0 aliphatic carbocycles. The third-order valence-corrected chi connectivity index (χ3v) is 4.33. The Morgan fingerprint density at radius 1 is 0.929 bits per heavy atom. The first-order chi connectivity index (χ1) is 13.6. The van der Waals surface area contributed by atoms with Gasteiger partial charge in [-0.1, -0.05) is 18.2 Å². The van der Waals surface area contributed by atoms with Crippen LogP contribution in [0.25, 0.3) is 0 Å². The largest absolute Gasteiger partial charge is 0.493 e. The van der Waals surface area contributed by atoms with E-state index in [9.17, 15) is 14.4 Å². The maximum Gasteiger partial charge on any atom is 0.309 e. The minimum Gasteiger partial charge on any atom is -0.493 e. The number of furan rings is 1. The second-order valence-electron chi connectivity index (χ2n) is 6.22. The first kappa shape index (κ1) is 19.5. The topological polar surface area (TPSA) is 89.3 Å². The number of rotatable bonds is 7. The van der Waals surface area contributed by atoms with Crippen molar-refractivity contribution in [2.45, 2.75) is 6.42 Å². The van der Waals surface area contributed by atoms with Crippen LogP contribution in [-0.2, 0) is 14.3 Å². The fraction of sp³-hybridized carbons (Fsp3) is 0.350. The van der Waals surface area contributed by atoms with E-state index >= 15 is 0 Å². The molecule has 0 atom stereocenters. The molecule has 1 aliphatic rings. The molecule has 0 spiro atoms. The number of ether oxygens (including phenoxy) is 2. The van der Waals surface area contributed by atoms with Crippen LogP contribution in [0.15, 0.2) is 53.1 Å². The lowest BCUT2D eigenvalue weighted by atomic mass is 10.3. The molecule has 1 aromatic carbocycles. The highest BCUT2D eigenvalue weighted by Gasteiger charge is 2.26. The normalized spacial score (nSPS) is 13.9. The molecule has 2 amide bonds. The third-order valence-electron chi connectivity index (χ3n) is 4.33. The zero-order chi connectivity index (χ0) is 19.8. The maximum absolute atomic E-state index is 12.2. The quantitative estimate of drug-likeness (QED) is 0.671. The van der Waals surface area contributed by atoms with Gasteiger partial charge in [-0.2, -0.15) is 0 Å². The Morgan fingerprint density at radius 3 is 2.32 bits per heavy atom. The maximum atomic E-state index is 12.2. The van der Waals surface area contributed by atoms with Gasteiger partial charge in [-0.15, -0.1) is 0 Å². The molecular formula is C20H22N2O6.